The van der Waals surface area contributed by atoms with Crippen LogP contribution in [-0.2, 0) is 16.0 Å². The fourth-order valence-corrected chi connectivity index (χ4v) is 1.44. The molecule has 0 heterocycles. The van der Waals surface area contributed by atoms with Crippen molar-refractivity contribution in [3.63, 3.8) is 0 Å². The molecule has 0 aliphatic heterocycles. The summed E-state index contributed by atoms with van der Waals surface area (Å²) in [5.74, 6) is -0.240. The van der Waals surface area contributed by atoms with E-state index in [2.05, 4.69) is 5.32 Å². The Balaban J connectivity index is 2.12. The van der Waals surface area contributed by atoms with Gasteiger partial charge in [-0.05, 0) is 6.07 Å². The fraction of sp³-hybridized carbons (Fsp3) is 0.538. The van der Waals surface area contributed by atoms with Gasteiger partial charge in [0, 0.05) is 25.8 Å². The van der Waals surface area contributed by atoms with E-state index in [1.165, 1.54) is 6.07 Å². The first-order valence-electron chi connectivity index (χ1n) is 5.93. The van der Waals surface area contributed by atoms with E-state index in [9.17, 15) is 9.50 Å². The summed E-state index contributed by atoms with van der Waals surface area (Å²) in [6.45, 7) is 1.97. The number of hydrogen-bond acceptors (Lipinski definition) is 4. The molecule has 0 aromatic heterocycles. The molecule has 18 heavy (non-hydrogen) atoms. The number of nitrogens with one attached hydrogen (secondary N) is 1. The van der Waals surface area contributed by atoms with Gasteiger partial charge in [0.25, 0.3) is 0 Å². The lowest BCUT2D eigenvalue weighted by molar-refractivity contribution is 0.0137. The highest BCUT2D eigenvalue weighted by Crippen LogP contribution is 2.05. The van der Waals surface area contributed by atoms with Gasteiger partial charge in [-0.25, -0.2) is 4.39 Å². The molecule has 0 saturated heterocycles. The van der Waals surface area contributed by atoms with Crippen molar-refractivity contribution in [1.82, 2.24) is 5.32 Å². The van der Waals surface area contributed by atoms with Gasteiger partial charge in [-0.1, -0.05) is 18.2 Å². The summed E-state index contributed by atoms with van der Waals surface area (Å²) in [6, 6.07) is 6.56. The van der Waals surface area contributed by atoms with Crippen molar-refractivity contribution in [2.45, 2.75) is 12.6 Å². The summed E-state index contributed by atoms with van der Waals surface area (Å²) in [5.41, 5.74) is 0.588. The van der Waals surface area contributed by atoms with Gasteiger partial charge in [0.05, 0.1) is 25.9 Å². The largest absolute Gasteiger partial charge is 0.389 e. The summed E-state index contributed by atoms with van der Waals surface area (Å²) in [5, 5.41) is 12.6. The van der Waals surface area contributed by atoms with Crippen LogP contribution in [0.4, 0.5) is 4.39 Å². The molecule has 1 atom stereocenters. The average molecular weight is 257 g/mol. The Labute approximate surface area is 107 Å². The first kappa shape index (κ1) is 15.0. The lowest BCUT2D eigenvalue weighted by atomic mass is 10.2. The molecule has 2 N–H and O–H groups in total. The lowest BCUT2D eigenvalue weighted by Crippen LogP contribution is -2.30. The van der Waals surface area contributed by atoms with Crippen molar-refractivity contribution in [2.75, 3.05) is 33.5 Å². The summed E-state index contributed by atoms with van der Waals surface area (Å²) >= 11 is 0. The van der Waals surface area contributed by atoms with Gasteiger partial charge in [-0.2, -0.15) is 0 Å². The standard InChI is InChI=1S/C13H20FNO3/c1-17-6-7-18-10-12(16)9-15-8-11-4-2-3-5-13(11)14/h2-5,12,15-16H,6-10H2,1H3. The Hall–Kier alpha value is -1.01. The maximum Gasteiger partial charge on any atom is 0.127 e. The number of rotatable bonds is 9. The van der Waals surface area contributed by atoms with Crippen molar-refractivity contribution in [3.8, 4) is 0 Å². The lowest BCUT2D eigenvalue weighted by Gasteiger charge is -2.12. The molecular weight excluding hydrogens is 237 g/mol. The normalized spacial score (nSPS) is 12.6. The van der Waals surface area contributed by atoms with Crippen LogP contribution in [-0.4, -0.2) is 44.7 Å². The van der Waals surface area contributed by atoms with Crippen LogP contribution in [0.1, 0.15) is 5.56 Å². The van der Waals surface area contributed by atoms with E-state index >= 15 is 0 Å². The van der Waals surface area contributed by atoms with Gasteiger partial charge >= 0.3 is 0 Å². The van der Waals surface area contributed by atoms with Crippen molar-refractivity contribution in [3.05, 3.63) is 35.6 Å². The molecule has 1 rings (SSSR count). The van der Waals surface area contributed by atoms with Gasteiger partial charge in [0.2, 0.25) is 0 Å². The third-order valence-corrected chi connectivity index (χ3v) is 2.40. The van der Waals surface area contributed by atoms with E-state index < -0.39 is 6.10 Å². The fourth-order valence-electron chi connectivity index (χ4n) is 1.44. The number of aliphatic hydroxyl groups is 1. The molecule has 0 bridgehead atoms. The van der Waals surface area contributed by atoms with Gasteiger partial charge < -0.3 is 19.9 Å². The quantitative estimate of drug-likeness (QED) is 0.646. The number of aliphatic hydroxyl groups excluding tert-OH is 1. The monoisotopic (exact) mass is 257 g/mol. The number of benzene rings is 1. The van der Waals surface area contributed by atoms with Crippen molar-refractivity contribution >= 4 is 0 Å². The zero-order chi connectivity index (χ0) is 13.2. The van der Waals surface area contributed by atoms with Gasteiger partial charge in [-0.3, -0.25) is 0 Å². The van der Waals surface area contributed by atoms with Crippen LogP contribution in [0.25, 0.3) is 0 Å². The number of ether oxygens (including phenoxy) is 2. The molecule has 1 unspecified atom stereocenters. The second-order valence-electron chi connectivity index (χ2n) is 3.94. The van der Waals surface area contributed by atoms with Crippen LogP contribution >= 0.6 is 0 Å². The Morgan fingerprint density at radius 3 is 2.83 bits per heavy atom. The van der Waals surface area contributed by atoms with Crippen molar-refractivity contribution in [2.24, 2.45) is 0 Å². The Morgan fingerprint density at radius 1 is 1.33 bits per heavy atom. The summed E-state index contributed by atoms with van der Waals surface area (Å²) < 4.78 is 23.2. The number of methoxy groups -OCH3 is 1. The van der Waals surface area contributed by atoms with Crippen LogP contribution in [0.15, 0.2) is 24.3 Å². The number of halogens is 1. The molecule has 0 spiro atoms. The zero-order valence-corrected chi connectivity index (χ0v) is 10.6. The minimum absolute atomic E-state index is 0.240. The van der Waals surface area contributed by atoms with E-state index in [1.54, 1.807) is 25.3 Å². The molecule has 0 saturated carbocycles. The Kier molecular flexibility index (Phi) is 7.52. The van der Waals surface area contributed by atoms with E-state index in [-0.39, 0.29) is 12.4 Å². The highest BCUT2D eigenvalue weighted by molar-refractivity contribution is 5.16. The SMILES string of the molecule is COCCOCC(O)CNCc1ccccc1F. The molecule has 0 aliphatic rings. The second kappa shape index (κ2) is 8.99. The van der Waals surface area contributed by atoms with E-state index in [0.717, 1.165) is 0 Å². The topological polar surface area (TPSA) is 50.7 Å². The first-order chi connectivity index (χ1) is 8.74. The molecule has 0 amide bonds. The zero-order valence-electron chi connectivity index (χ0n) is 10.6. The first-order valence-corrected chi connectivity index (χ1v) is 5.93. The van der Waals surface area contributed by atoms with E-state index in [1.807, 2.05) is 0 Å². The Morgan fingerprint density at radius 2 is 2.11 bits per heavy atom. The second-order valence-corrected chi connectivity index (χ2v) is 3.94. The molecule has 0 radical (unpaired) electrons. The van der Waals surface area contributed by atoms with Crippen LogP contribution in [0.2, 0.25) is 0 Å². The minimum atomic E-state index is -0.603. The summed E-state index contributed by atoms with van der Waals surface area (Å²) in [7, 11) is 1.59. The van der Waals surface area contributed by atoms with Gasteiger partial charge in [0.1, 0.15) is 5.82 Å². The van der Waals surface area contributed by atoms with Crippen LogP contribution in [0.5, 0.6) is 0 Å². The molecule has 4 nitrogen and oxygen atoms in total. The highest BCUT2D eigenvalue weighted by Gasteiger charge is 2.05. The third kappa shape index (κ3) is 6.07. The Bertz CT molecular complexity index is 336. The van der Waals surface area contributed by atoms with Crippen LogP contribution < -0.4 is 5.32 Å². The predicted octanol–water partition coefficient (Wildman–Crippen LogP) is 0.939. The minimum Gasteiger partial charge on any atom is -0.389 e. The summed E-state index contributed by atoms with van der Waals surface area (Å²) in [4.78, 5) is 0. The van der Waals surface area contributed by atoms with Gasteiger partial charge in [-0.15, -0.1) is 0 Å². The van der Waals surface area contributed by atoms with E-state index in [4.69, 9.17) is 9.47 Å². The molecule has 5 heteroatoms. The molecular formula is C13H20FNO3. The predicted molar refractivity (Wildman–Crippen MR) is 66.8 cm³/mol. The third-order valence-electron chi connectivity index (χ3n) is 2.40. The van der Waals surface area contributed by atoms with Crippen molar-refractivity contribution in [1.29, 1.82) is 0 Å². The number of hydrogen-bond donors (Lipinski definition) is 2. The van der Waals surface area contributed by atoms with E-state index in [0.29, 0.717) is 31.9 Å². The van der Waals surface area contributed by atoms with Crippen LogP contribution in [0.3, 0.4) is 0 Å². The molecule has 1 aromatic rings. The summed E-state index contributed by atoms with van der Waals surface area (Å²) in [6.07, 6.45) is -0.603. The average Bonchev–Trinajstić information content (AvgIpc) is 2.37. The molecule has 0 aliphatic carbocycles. The maximum atomic E-state index is 13.3. The van der Waals surface area contributed by atoms with Gasteiger partial charge in [0.15, 0.2) is 0 Å². The molecule has 0 fully saturated rings. The molecule has 102 valence electrons. The van der Waals surface area contributed by atoms with Crippen molar-refractivity contribution < 1.29 is 19.0 Å². The molecule has 1 aromatic carbocycles. The maximum absolute atomic E-state index is 13.3. The smallest absolute Gasteiger partial charge is 0.127 e. The highest BCUT2D eigenvalue weighted by atomic mass is 19.1. The van der Waals surface area contributed by atoms with Crippen LogP contribution in [0, 0.1) is 5.82 Å².